The third-order valence-electron chi connectivity index (χ3n) is 2.66. The predicted octanol–water partition coefficient (Wildman–Crippen LogP) is 1.27. The van der Waals surface area contributed by atoms with Gasteiger partial charge in [-0.1, -0.05) is 15.9 Å². The Morgan fingerprint density at radius 2 is 2.16 bits per heavy atom. The Hall–Kier alpha value is -1.76. The summed E-state index contributed by atoms with van der Waals surface area (Å²) in [6.07, 6.45) is 0.854. The van der Waals surface area contributed by atoms with Crippen molar-refractivity contribution < 1.29 is 19.4 Å². The maximum Gasteiger partial charge on any atom is 0.323 e. The minimum Gasteiger partial charge on any atom is -0.493 e. The number of rotatable bonds is 4. The molecule has 1 aliphatic heterocycles. The van der Waals surface area contributed by atoms with Crippen LogP contribution < -0.4 is 15.4 Å². The number of carbonyl (C=O) groups excluding carboxylic acids is 1. The SMILES string of the molecule is O=C(O)CNC(=O)NCc1cc(Br)cc2c1OCC2. The van der Waals surface area contributed by atoms with E-state index in [1.165, 1.54) is 0 Å². The zero-order chi connectivity index (χ0) is 13.8. The van der Waals surface area contributed by atoms with Crippen LogP contribution in [0.3, 0.4) is 0 Å². The minimum absolute atomic E-state index is 0.285. The van der Waals surface area contributed by atoms with Gasteiger partial charge in [0.2, 0.25) is 0 Å². The average Bonchev–Trinajstić information content (AvgIpc) is 2.81. The van der Waals surface area contributed by atoms with Crippen molar-refractivity contribution in [3.05, 3.63) is 27.7 Å². The molecule has 0 fully saturated rings. The second-order valence-corrected chi connectivity index (χ2v) is 5.00. The smallest absolute Gasteiger partial charge is 0.323 e. The van der Waals surface area contributed by atoms with Gasteiger partial charge in [0.1, 0.15) is 12.3 Å². The molecular weight excluding hydrogens is 316 g/mol. The molecule has 0 spiro atoms. The standard InChI is InChI=1S/C12H13BrN2O4/c13-9-3-7-1-2-19-11(7)8(4-9)5-14-12(18)15-6-10(16)17/h3-4H,1-2,5-6H2,(H,16,17)(H2,14,15,18). The molecule has 1 aromatic carbocycles. The summed E-state index contributed by atoms with van der Waals surface area (Å²) >= 11 is 3.41. The summed E-state index contributed by atoms with van der Waals surface area (Å²) in [5.41, 5.74) is 1.98. The average molecular weight is 329 g/mol. The highest BCUT2D eigenvalue weighted by Crippen LogP contribution is 2.32. The van der Waals surface area contributed by atoms with Gasteiger partial charge in [-0.2, -0.15) is 0 Å². The number of nitrogens with one attached hydrogen (secondary N) is 2. The van der Waals surface area contributed by atoms with E-state index in [-0.39, 0.29) is 6.54 Å². The van der Waals surface area contributed by atoms with Crippen LogP contribution in [0.2, 0.25) is 0 Å². The largest absolute Gasteiger partial charge is 0.493 e. The number of aliphatic carboxylic acids is 1. The van der Waals surface area contributed by atoms with Crippen molar-refractivity contribution in [2.45, 2.75) is 13.0 Å². The molecule has 2 rings (SSSR count). The maximum absolute atomic E-state index is 11.4. The van der Waals surface area contributed by atoms with Gasteiger partial charge in [0.25, 0.3) is 0 Å². The van der Waals surface area contributed by atoms with Gasteiger partial charge < -0.3 is 20.5 Å². The molecule has 0 radical (unpaired) electrons. The normalized spacial score (nSPS) is 12.5. The number of fused-ring (bicyclic) bond motifs is 1. The van der Waals surface area contributed by atoms with Crippen LogP contribution in [-0.4, -0.2) is 30.3 Å². The highest BCUT2D eigenvalue weighted by Gasteiger charge is 2.17. The first-order valence-corrected chi connectivity index (χ1v) is 6.53. The lowest BCUT2D eigenvalue weighted by Gasteiger charge is -2.10. The Morgan fingerprint density at radius 1 is 1.37 bits per heavy atom. The van der Waals surface area contributed by atoms with Crippen LogP contribution in [0.25, 0.3) is 0 Å². The van der Waals surface area contributed by atoms with Crippen molar-refractivity contribution in [1.29, 1.82) is 0 Å². The van der Waals surface area contributed by atoms with E-state index >= 15 is 0 Å². The predicted molar refractivity (Wildman–Crippen MR) is 71.2 cm³/mol. The number of hydrogen-bond donors (Lipinski definition) is 3. The Kier molecular flexibility index (Phi) is 4.26. The topological polar surface area (TPSA) is 87.7 Å². The number of ether oxygens (including phenoxy) is 1. The van der Waals surface area contributed by atoms with Crippen molar-refractivity contribution in [3.8, 4) is 5.75 Å². The Balaban J connectivity index is 1.96. The van der Waals surface area contributed by atoms with Crippen LogP contribution in [0, 0.1) is 0 Å². The quantitative estimate of drug-likeness (QED) is 0.776. The fourth-order valence-electron chi connectivity index (χ4n) is 1.87. The maximum atomic E-state index is 11.4. The third-order valence-corrected chi connectivity index (χ3v) is 3.12. The number of halogens is 1. The van der Waals surface area contributed by atoms with E-state index in [1.54, 1.807) is 0 Å². The van der Waals surface area contributed by atoms with Crippen molar-refractivity contribution in [1.82, 2.24) is 10.6 Å². The summed E-state index contributed by atoms with van der Waals surface area (Å²) in [5, 5.41) is 13.3. The van der Waals surface area contributed by atoms with E-state index in [2.05, 4.69) is 26.6 Å². The molecule has 3 N–H and O–H groups in total. The molecule has 0 bridgehead atoms. The second kappa shape index (κ2) is 5.92. The molecule has 102 valence electrons. The van der Waals surface area contributed by atoms with Gasteiger partial charge in [0.05, 0.1) is 6.61 Å². The van der Waals surface area contributed by atoms with Gasteiger partial charge in [-0.25, -0.2) is 4.79 Å². The summed E-state index contributed by atoms with van der Waals surface area (Å²) < 4.78 is 6.46. The summed E-state index contributed by atoms with van der Waals surface area (Å²) in [6.45, 7) is 0.524. The van der Waals surface area contributed by atoms with E-state index in [1.807, 2.05) is 12.1 Å². The highest BCUT2D eigenvalue weighted by molar-refractivity contribution is 9.10. The third kappa shape index (κ3) is 3.60. The van der Waals surface area contributed by atoms with Crippen LogP contribution in [0.4, 0.5) is 4.79 Å². The zero-order valence-corrected chi connectivity index (χ0v) is 11.6. The van der Waals surface area contributed by atoms with Crippen LogP contribution >= 0.6 is 15.9 Å². The molecule has 0 atom stereocenters. The van der Waals surface area contributed by atoms with E-state index < -0.39 is 18.5 Å². The summed E-state index contributed by atoms with van der Waals surface area (Å²) in [5.74, 6) is -0.274. The van der Waals surface area contributed by atoms with Crippen LogP contribution in [-0.2, 0) is 17.8 Å². The molecule has 0 aromatic heterocycles. The summed E-state index contributed by atoms with van der Waals surface area (Å²) in [7, 11) is 0. The lowest BCUT2D eigenvalue weighted by Crippen LogP contribution is -2.38. The number of urea groups is 1. The van der Waals surface area contributed by atoms with Crippen molar-refractivity contribution in [2.75, 3.05) is 13.2 Å². The summed E-state index contributed by atoms with van der Waals surface area (Å²) in [4.78, 5) is 21.7. The minimum atomic E-state index is -1.08. The molecule has 19 heavy (non-hydrogen) atoms. The number of benzene rings is 1. The molecular formula is C12H13BrN2O4. The Bertz CT molecular complexity index is 519. The molecule has 1 aliphatic rings. The number of hydrogen-bond acceptors (Lipinski definition) is 3. The number of amides is 2. The molecule has 1 aromatic rings. The van der Waals surface area contributed by atoms with Crippen molar-refractivity contribution in [3.63, 3.8) is 0 Å². The van der Waals surface area contributed by atoms with Crippen LogP contribution in [0.5, 0.6) is 5.75 Å². The van der Waals surface area contributed by atoms with Gasteiger partial charge in [0.15, 0.2) is 0 Å². The Labute approximate surface area is 118 Å². The van der Waals surface area contributed by atoms with Crippen molar-refractivity contribution >= 4 is 27.9 Å². The molecule has 0 unspecified atom stereocenters. The van der Waals surface area contributed by atoms with E-state index in [0.717, 1.165) is 27.8 Å². The fraction of sp³-hybridized carbons (Fsp3) is 0.333. The number of carboxylic acid groups (broad SMARTS) is 1. The number of carboxylic acids is 1. The molecule has 0 saturated heterocycles. The fourth-order valence-corrected chi connectivity index (χ4v) is 2.42. The van der Waals surface area contributed by atoms with E-state index in [4.69, 9.17) is 9.84 Å². The number of carbonyl (C=O) groups is 2. The molecule has 0 aliphatic carbocycles. The second-order valence-electron chi connectivity index (χ2n) is 4.08. The first-order chi connectivity index (χ1) is 9.06. The lowest BCUT2D eigenvalue weighted by molar-refractivity contribution is -0.135. The van der Waals surface area contributed by atoms with Gasteiger partial charge in [-0.3, -0.25) is 4.79 Å². The van der Waals surface area contributed by atoms with Gasteiger partial charge in [-0.05, 0) is 17.7 Å². The molecule has 6 nitrogen and oxygen atoms in total. The molecule has 7 heteroatoms. The Morgan fingerprint density at radius 3 is 2.89 bits per heavy atom. The molecule has 1 heterocycles. The summed E-state index contributed by atoms with van der Waals surface area (Å²) in [6, 6.07) is 3.35. The van der Waals surface area contributed by atoms with E-state index in [9.17, 15) is 9.59 Å². The first kappa shape index (κ1) is 13.7. The lowest BCUT2D eigenvalue weighted by atomic mass is 10.1. The first-order valence-electron chi connectivity index (χ1n) is 5.74. The molecule has 0 saturated carbocycles. The van der Waals surface area contributed by atoms with Crippen LogP contribution in [0.1, 0.15) is 11.1 Å². The monoisotopic (exact) mass is 328 g/mol. The molecule has 2 amide bonds. The van der Waals surface area contributed by atoms with Crippen molar-refractivity contribution in [2.24, 2.45) is 0 Å². The van der Waals surface area contributed by atoms with Gasteiger partial charge in [-0.15, -0.1) is 0 Å². The zero-order valence-electron chi connectivity index (χ0n) is 10.0. The van der Waals surface area contributed by atoms with Gasteiger partial charge >= 0.3 is 12.0 Å². The highest BCUT2D eigenvalue weighted by atomic mass is 79.9. The van der Waals surface area contributed by atoms with Gasteiger partial charge in [0, 0.05) is 23.0 Å². The van der Waals surface area contributed by atoms with E-state index in [0.29, 0.717) is 6.61 Å². The van der Waals surface area contributed by atoms with Crippen LogP contribution in [0.15, 0.2) is 16.6 Å².